The molecule has 0 aliphatic heterocycles. The molecule has 0 atom stereocenters. The van der Waals surface area contributed by atoms with Crippen LogP contribution >= 0.6 is 15.9 Å². The molecule has 1 rings (SSSR count). The van der Waals surface area contributed by atoms with Crippen LogP contribution in [0.2, 0.25) is 0 Å². The Bertz CT molecular complexity index is 409. The number of benzene rings is 1. The number of allylic oxidation sites excluding steroid dienone is 1. The second-order valence-electron chi connectivity index (χ2n) is 3.43. The van der Waals surface area contributed by atoms with Gasteiger partial charge in [-0.25, -0.2) is 0 Å². The van der Waals surface area contributed by atoms with Gasteiger partial charge in [-0.15, -0.1) is 0 Å². The Morgan fingerprint density at radius 3 is 2.47 bits per heavy atom. The number of hydrogen-bond acceptors (Lipinski definition) is 3. The summed E-state index contributed by atoms with van der Waals surface area (Å²) >= 11 is 3.42. The van der Waals surface area contributed by atoms with Gasteiger partial charge in [0.2, 0.25) is 0 Å². The van der Waals surface area contributed by atoms with Crippen LogP contribution < -0.4 is 16.2 Å². The average Bonchev–Trinajstić information content (AvgIpc) is 2.19. The Labute approximate surface area is 98.2 Å². The molecule has 0 aliphatic carbocycles. The monoisotopic (exact) mass is 270 g/mol. The molecule has 0 amide bonds. The van der Waals surface area contributed by atoms with Crippen molar-refractivity contribution < 1.29 is 4.74 Å². The Morgan fingerprint density at radius 2 is 2.00 bits per heavy atom. The van der Waals surface area contributed by atoms with E-state index >= 15 is 0 Å². The van der Waals surface area contributed by atoms with Crippen LogP contribution in [0.3, 0.4) is 0 Å². The molecule has 0 unspecified atom stereocenters. The molecule has 0 heterocycles. The van der Waals surface area contributed by atoms with E-state index in [4.69, 9.17) is 16.2 Å². The van der Waals surface area contributed by atoms with E-state index in [9.17, 15) is 0 Å². The molecule has 82 valence electrons. The lowest BCUT2D eigenvalue weighted by atomic mass is 10.1. The van der Waals surface area contributed by atoms with Crippen molar-refractivity contribution >= 4 is 26.1 Å². The van der Waals surface area contributed by atoms with Crippen LogP contribution in [-0.2, 0) is 0 Å². The molecule has 0 saturated carbocycles. The van der Waals surface area contributed by atoms with Crippen molar-refractivity contribution in [1.29, 1.82) is 0 Å². The van der Waals surface area contributed by atoms with Gasteiger partial charge in [0.15, 0.2) is 0 Å². The van der Waals surface area contributed by atoms with Gasteiger partial charge in [-0.3, -0.25) is 0 Å². The average molecular weight is 271 g/mol. The Morgan fingerprint density at radius 1 is 1.40 bits per heavy atom. The van der Waals surface area contributed by atoms with Gasteiger partial charge in [-0.05, 0) is 47.5 Å². The van der Waals surface area contributed by atoms with Crippen molar-refractivity contribution in [1.82, 2.24) is 0 Å². The first kappa shape index (κ1) is 11.9. The molecular formula is C11H15BrN2O. The van der Waals surface area contributed by atoms with Gasteiger partial charge in [0, 0.05) is 15.7 Å². The molecule has 4 heteroatoms. The normalized spacial score (nSPS) is 12.3. The van der Waals surface area contributed by atoms with Gasteiger partial charge in [0.25, 0.3) is 0 Å². The molecule has 0 spiro atoms. The van der Waals surface area contributed by atoms with Crippen molar-refractivity contribution in [3.63, 3.8) is 0 Å². The fourth-order valence-electron chi connectivity index (χ4n) is 1.33. The van der Waals surface area contributed by atoms with E-state index in [-0.39, 0.29) is 0 Å². The van der Waals surface area contributed by atoms with E-state index < -0.39 is 0 Å². The SMILES string of the molecule is COc1cc(C)cc(/C(Br)=C(/C)N)c1N. The lowest BCUT2D eigenvalue weighted by molar-refractivity contribution is 0.416. The van der Waals surface area contributed by atoms with Gasteiger partial charge < -0.3 is 16.2 Å². The number of halogens is 1. The van der Waals surface area contributed by atoms with Crippen LogP contribution in [0.5, 0.6) is 5.75 Å². The fraction of sp³-hybridized carbons (Fsp3) is 0.273. The molecular weight excluding hydrogens is 256 g/mol. The first-order valence-corrected chi connectivity index (χ1v) is 5.33. The lowest BCUT2D eigenvalue weighted by Gasteiger charge is -2.12. The Balaban J connectivity index is 3.43. The van der Waals surface area contributed by atoms with Crippen LogP contribution in [0, 0.1) is 6.92 Å². The van der Waals surface area contributed by atoms with E-state index in [1.54, 1.807) is 7.11 Å². The van der Waals surface area contributed by atoms with Gasteiger partial charge in [0.1, 0.15) is 5.75 Å². The van der Waals surface area contributed by atoms with E-state index in [0.29, 0.717) is 17.1 Å². The van der Waals surface area contributed by atoms with E-state index in [2.05, 4.69) is 15.9 Å². The second-order valence-corrected chi connectivity index (χ2v) is 4.22. The van der Waals surface area contributed by atoms with Crippen LogP contribution in [0.15, 0.2) is 17.8 Å². The summed E-state index contributed by atoms with van der Waals surface area (Å²) < 4.78 is 5.99. The Kier molecular flexibility index (Phi) is 3.63. The molecule has 1 aromatic rings. The summed E-state index contributed by atoms with van der Waals surface area (Å²) in [4.78, 5) is 0. The summed E-state index contributed by atoms with van der Waals surface area (Å²) in [6.45, 7) is 3.80. The predicted octanol–water partition coefficient (Wildman–Crippen LogP) is 2.63. The van der Waals surface area contributed by atoms with Gasteiger partial charge in [0.05, 0.1) is 12.8 Å². The molecule has 0 saturated heterocycles. The second kappa shape index (κ2) is 4.57. The third-order valence-electron chi connectivity index (χ3n) is 2.09. The minimum Gasteiger partial charge on any atom is -0.495 e. The number of aryl methyl sites for hydroxylation is 1. The molecule has 1 aromatic carbocycles. The van der Waals surface area contributed by atoms with E-state index in [1.807, 2.05) is 26.0 Å². The van der Waals surface area contributed by atoms with Crippen molar-refractivity contribution in [3.8, 4) is 5.75 Å². The van der Waals surface area contributed by atoms with Crippen LogP contribution in [0.1, 0.15) is 18.1 Å². The first-order chi connectivity index (χ1) is 6.97. The summed E-state index contributed by atoms with van der Waals surface area (Å²) in [7, 11) is 1.60. The Hall–Kier alpha value is -1.16. The summed E-state index contributed by atoms with van der Waals surface area (Å²) in [5.74, 6) is 0.670. The highest BCUT2D eigenvalue weighted by Gasteiger charge is 2.10. The summed E-state index contributed by atoms with van der Waals surface area (Å²) in [5.41, 5.74) is 14.9. The highest BCUT2D eigenvalue weighted by molar-refractivity contribution is 9.15. The standard InChI is InChI=1S/C11H15BrN2O/c1-6-4-8(10(12)7(2)13)11(14)9(5-6)15-3/h4-5H,13-14H2,1-3H3/b10-7+. The molecule has 15 heavy (non-hydrogen) atoms. The third kappa shape index (κ3) is 2.45. The summed E-state index contributed by atoms with van der Waals surface area (Å²) in [6, 6.07) is 3.86. The zero-order chi connectivity index (χ0) is 11.6. The topological polar surface area (TPSA) is 61.3 Å². The molecule has 3 nitrogen and oxygen atoms in total. The van der Waals surface area contributed by atoms with E-state index in [1.165, 1.54) is 0 Å². The van der Waals surface area contributed by atoms with E-state index in [0.717, 1.165) is 15.6 Å². The molecule has 0 radical (unpaired) electrons. The van der Waals surface area contributed by atoms with Crippen molar-refractivity contribution in [2.45, 2.75) is 13.8 Å². The van der Waals surface area contributed by atoms with Gasteiger partial charge >= 0.3 is 0 Å². The van der Waals surface area contributed by atoms with Gasteiger partial charge in [-0.2, -0.15) is 0 Å². The molecule has 0 bridgehead atoms. The number of nitrogens with two attached hydrogens (primary N) is 2. The number of methoxy groups -OCH3 is 1. The van der Waals surface area contributed by atoms with Crippen LogP contribution in [0.25, 0.3) is 4.48 Å². The maximum absolute atomic E-state index is 5.96. The van der Waals surface area contributed by atoms with Crippen molar-refractivity contribution in [3.05, 3.63) is 29.0 Å². The molecule has 0 aromatic heterocycles. The summed E-state index contributed by atoms with van der Waals surface area (Å²) in [5, 5.41) is 0. The molecule has 0 aliphatic rings. The lowest BCUT2D eigenvalue weighted by Crippen LogP contribution is -2.00. The molecule has 0 fully saturated rings. The maximum atomic E-state index is 5.96. The first-order valence-electron chi connectivity index (χ1n) is 4.53. The zero-order valence-corrected chi connectivity index (χ0v) is 10.7. The highest BCUT2D eigenvalue weighted by atomic mass is 79.9. The molecule has 4 N–H and O–H groups in total. The summed E-state index contributed by atoms with van der Waals surface area (Å²) in [6.07, 6.45) is 0. The smallest absolute Gasteiger partial charge is 0.142 e. The number of rotatable bonds is 2. The van der Waals surface area contributed by atoms with Crippen molar-refractivity contribution in [2.24, 2.45) is 5.73 Å². The number of ether oxygens (including phenoxy) is 1. The quantitative estimate of drug-likeness (QED) is 0.813. The third-order valence-corrected chi connectivity index (χ3v) is 3.14. The minimum absolute atomic E-state index is 0.597. The zero-order valence-electron chi connectivity index (χ0n) is 9.10. The van der Waals surface area contributed by atoms with Crippen molar-refractivity contribution in [2.75, 3.05) is 12.8 Å². The van der Waals surface area contributed by atoms with Crippen LogP contribution in [0.4, 0.5) is 5.69 Å². The van der Waals surface area contributed by atoms with Gasteiger partial charge in [-0.1, -0.05) is 0 Å². The number of anilines is 1. The largest absolute Gasteiger partial charge is 0.495 e. The number of hydrogen-bond donors (Lipinski definition) is 2. The number of nitrogen functional groups attached to an aromatic ring is 1. The minimum atomic E-state index is 0.597. The fourth-order valence-corrected chi connectivity index (χ4v) is 1.66. The van der Waals surface area contributed by atoms with Crippen LogP contribution in [-0.4, -0.2) is 7.11 Å². The maximum Gasteiger partial charge on any atom is 0.142 e. The highest BCUT2D eigenvalue weighted by Crippen LogP contribution is 2.35. The predicted molar refractivity (Wildman–Crippen MR) is 67.9 cm³/mol.